The summed E-state index contributed by atoms with van der Waals surface area (Å²) in [7, 11) is -4.90. The van der Waals surface area contributed by atoms with E-state index in [-0.39, 0.29) is 64.2 Å². The Kier molecular flexibility index (Phi) is 28.9. The summed E-state index contributed by atoms with van der Waals surface area (Å²) in [4.78, 5) is 0. The van der Waals surface area contributed by atoms with Crippen molar-refractivity contribution in [3.8, 4) is 0 Å². The minimum absolute atomic E-state index is 0. The molecule has 0 aliphatic rings. The van der Waals surface area contributed by atoms with Crippen molar-refractivity contribution in [3.63, 3.8) is 0 Å². The van der Waals surface area contributed by atoms with Crippen LogP contribution >= 0.6 is 0 Å². The van der Waals surface area contributed by atoms with Crippen molar-refractivity contribution in [1.29, 1.82) is 0 Å². The molecule has 1 atom stereocenters. The molecule has 0 aliphatic carbocycles. The summed E-state index contributed by atoms with van der Waals surface area (Å²) in [6, 6.07) is 0. The van der Waals surface area contributed by atoms with Gasteiger partial charge in [0.15, 0.2) is 5.00 Å². The van der Waals surface area contributed by atoms with Gasteiger partial charge in [-0.3, -0.25) is 0 Å². The molecule has 0 spiro atoms. The quantitative estimate of drug-likeness (QED) is 0.0687. The third-order valence-electron chi connectivity index (χ3n) is 7.01. The molecule has 0 bridgehead atoms. The van der Waals surface area contributed by atoms with Gasteiger partial charge in [0.05, 0.1) is 0 Å². The first-order valence-corrected chi connectivity index (χ1v) is 15.9. The van der Waals surface area contributed by atoms with E-state index in [1.165, 1.54) is 96.3 Å². The average molecular weight is 531 g/mol. The van der Waals surface area contributed by atoms with Crippen molar-refractivity contribution in [3.05, 3.63) is 0 Å². The average Bonchev–Trinajstić information content (AvgIpc) is 2.77. The zero-order chi connectivity index (χ0) is 24.7. The molecule has 34 heavy (non-hydrogen) atoms. The van der Waals surface area contributed by atoms with Gasteiger partial charge in [0, 0.05) is 0 Å². The molecule has 0 aromatic carbocycles. The number of hydrogen-bond acceptors (Lipinski definition) is 3. The van der Waals surface area contributed by atoms with Crippen LogP contribution in [-0.2, 0) is 10.1 Å². The molecule has 200 valence electrons. The molecule has 0 fully saturated rings. The first kappa shape index (κ1) is 37.6. The van der Waals surface area contributed by atoms with E-state index < -0.39 is 15.1 Å². The van der Waals surface area contributed by atoms with Gasteiger partial charge in [-0.2, -0.15) is 0 Å². The monoisotopic (exact) mass is 530 g/mol. The van der Waals surface area contributed by atoms with Gasteiger partial charge in [-0.15, -0.1) is 0 Å². The van der Waals surface area contributed by atoms with Gasteiger partial charge in [0.25, 0.3) is 0 Å². The third kappa shape index (κ3) is 22.7. The fourth-order valence-corrected chi connectivity index (χ4v) is 5.45. The van der Waals surface area contributed by atoms with Gasteiger partial charge in [-0.05, 0) is 25.7 Å². The SMILES string of the molecule is CCCCCCCCCCCCCCCCCCC(F)(CCCCCCCCC)S(=O)(=O)[O-].[K+]. The van der Waals surface area contributed by atoms with Crippen molar-refractivity contribution >= 4 is 10.1 Å². The summed E-state index contributed by atoms with van der Waals surface area (Å²) in [6.07, 6.45) is 26.2. The fraction of sp³-hybridized carbons (Fsp3) is 1.00. The number of halogens is 1. The number of rotatable bonds is 26. The van der Waals surface area contributed by atoms with Gasteiger partial charge in [0.1, 0.15) is 10.1 Å². The fourth-order valence-electron chi connectivity index (χ4n) is 4.66. The Labute approximate surface area is 255 Å². The largest absolute Gasteiger partial charge is 1.00 e. The van der Waals surface area contributed by atoms with E-state index in [0.29, 0.717) is 12.8 Å². The van der Waals surface area contributed by atoms with Crippen molar-refractivity contribution in [2.24, 2.45) is 0 Å². The molecule has 0 aromatic heterocycles. The summed E-state index contributed by atoms with van der Waals surface area (Å²) in [6.45, 7) is 4.42. The van der Waals surface area contributed by atoms with Crippen LogP contribution in [0.15, 0.2) is 0 Å². The normalized spacial score (nSPS) is 13.5. The number of alkyl halides is 1. The van der Waals surface area contributed by atoms with E-state index in [0.717, 1.165) is 38.5 Å². The van der Waals surface area contributed by atoms with Crippen molar-refractivity contribution < 1.29 is 68.7 Å². The topological polar surface area (TPSA) is 57.2 Å². The second-order valence-electron chi connectivity index (χ2n) is 10.3. The molecule has 0 rings (SSSR count). The molecule has 0 heterocycles. The van der Waals surface area contributed by atoms with Crippen LogP contribution < -0.4 is 51.4 Å². The molecular weight excluding hydrogens is 474 g/mol. The molecule has 0 radical (unpaired) electrons. The second kappa shape index (κ2) is 26.1. The van der Waals surface area contributed by atoms with Crippen LogP contribution in [0.2, 0.25) is 0 Å². The van der Waals surface area contributed by atoms with Crippen LogP contribution in [0.5, 0.6) is 0 Å². The molecule has 0 aromatic rings. The molecule has 1 unspecified atom stereocenters. The maximum atomic E-state index is 14.9. The minimum atomic E-state index is -4.90. The molecule has 0 saturated heterocycles. The Hall–Kier alpha value is 1.48. The molecule has 0 N–H and O–H groups in total. The van der Waals surface area contributed by atoms with Crippen LogP contribution in [0.25, 0.3) is 0 Å². The van der Waals surface area contributed by atoms with Gasteiger partial charge in [0.2, 0.25) is 0 Å². The van der Waals surface area contributed by atoms with Crippen LogP contribution in [0.3, 0.4) is 0 Å². The zero-order valence-electron chi connectivity index (χ0n) is 23.2. The number of hydrogen-bond donors (Lipinski definition) is 0. The zero-order valence-corrected chi connectivity index (χ0v) is 27.1. The van der Waals surface area contributed by atoms with E-state index in [2.05, 4.69) is 13.8 Å². The van der Waals surface area contributed by atoms with E-state index in [1.54, 1.807) is 0 Å². The summed E-state index contributed by atoms with van der Waals surface area (Å²) >= 11 is 0. The predicted octanol–water partition coefficient (Wildman–Crippen LogP) is 6.99. The molecular formula is C28H56FKO3S. The first-order valence-electron chi connectivity index (χ1n) is 14.5. The van der Waals surface area contributed by atoms with Gasteiger partial charge in [-0.25, -0.2) is 12.8 Å². The summed E-state index contributed by atoms with van der Waals surface area (Å²) in [5.41, 5.74) is 0. The van der Waals surface area contributed by atoms with E-state index >= 15 is 0 Å². The Bertz CT molecular complexity index is 516. The maximum Gasteiger partial charge on any atom is 1.00 e. The number of unbranched alkanes of at least 4 members (excludes halogenated alkanes) is 21. The maximum absolute atomic E-state index is 14.9. The first-order chi connectivity index (χ1) is 15.9. The molecule has 6 heteroatoms. The minimum Gasteiger partial charge on any atom is -0.745 e. The summed E-state index contributed by atoms with van der Waals surface area (Å²) < 4.78 is 49.5. The molecule has 0 aliphatic heterocycles. The van der Waals surface area contributed by atoms with Crippen molar-refractivity contribution in [2.45, 2.75) is 179 Å². The Morgan fingerprint density at radius 3 is 0.912 bits per heavy atom. The van der Waals surface area contributed by atoms with E-state index in [9.17, 15) is 17.4 Å². The van der Waals surface area contributed by atoms with E-state index in [1.807, 2.05) is 0 Å². The predicted molar refractivity (Wildman–Crippen MR) is 140 cm³/mol. The molecule has 0 saturated carbocycles. The third-order valence-corrected chi connectivity index (χ3v) is 8.31. The Balaban J connectivity index is 0. The molecule has 0 amide bonds. The Morgan fingerprint density at radius 2 is 0.706 bits per heavy atom. The van der Waals surface area contributed by atoms with Crippen LogP contribution in [-0.4, -0.2) is 18.0 Å². The van der Waals surface area contributed by atoms with Gasteiger partial charge >= 0.3 is 51.4 Å². The van der Waals surface area contributed by atoms with Gasteiger partial charge < -0.3 is 4.55 Å². The van der Waals surface area contributed by atoms with Gasteiger partial charge in [-0.1, -0.05) is 149 Å². The van der Waals surface area contributed by atoms with E-state index in [4.69, 9.17) is 0 Å². The smallest absolute Gasteiger partial charge is 0.745 e. The summed E-state index contributed by atoms with van der Waals surface area (Å²) in [5, 5.41) is -2.56. The van der Waals surface area contributed by atoms with Crippen molar-refractivity contribution in [2.75, 3.05) is 0 Å². The van der Waals surface area contributed by atoms with Crippen LogP contribution in [0.4, 0.5) is 4.39 Å². The standard InChI is InChI=1S/C28H57FO3S.K/c1-3-5-7-9-11-12-13-14-15-16-17-18-19-21-23-25-27-28(29,33(30,31)32)26-24-22-20-10-8-6-4-2;/h3-27H2,1-2H3,(H,30,31,32);/q;+1/p-1. The molecule has 3 nitrogen and oxygen atoms in total. The Morgan fingerprint density at radius 1 is 0.500 bits per heavy atom. The van der Waals surface area contributed by atoms with Crippen molar-refractivity contribution in [1.82, 2.24) is 0 Å². The van der Waals surface area contributed by atoms with Crippen LogP contribution in [0.1, 0.15) is 174 Å². The summed E-state index contributed by atoms with van der Waals surface area (Å²) in [5.74, 6) is 0. The second-order valence-corrected chi connectivity index (χ2v) is 11.9. The van der Waals surface area contributed by atoms with Crippen LogP contribution in [0, 0.1) is 0 Å².